The monoisotopic (exact) mass is 398 g/mol. The molecule has 10 heteroatoms. The average Bonchev–Trinajstić information content (AvgIpc) is 3.33. The maximum absolute atomic E-state index is 12.6. The van der Waals surface area contributed by atoms with Crippen molar-refractivity contribution in [2.24, 2.45) is 0 Å². The molecule has 3 amide bonds. The molecule has 4 heterocycles. The van der Waals surface area contributed by atoms with E-state index >= 15 is 0 Å². The highest BCUT2D eigenvalue weighted by Crippen LogP contribution is 2.16. The second kappa shape index (κ2) is 8.29. The second-order valence-electron chi connectivity index (χ2n) is 6.97. The van der Waals surface area contributed by atoms with Gasteiger partial charge in [0.05, 0.1) is 6.26 Å². The van der Waals surface area contributed by atoms with Crippen LogP contribution in [0.25, 0.3) is 0 Å². The standard InChI is InChI=1S/C19H22N6O4/c26-14-22-5-7-24(8-6-22)18(27)15-3-4-17(21-20-15)23-9-11-25(12-10-23)19(28)16-2-1-13-29-16/h1-4,13-14H,5-12H2. The molecule has 2 aliphatic heterocycles. The molecule has 0 spiro atoms. The number of hydrogen-bond acceptors (Lipinski definition) is 7. The van der Waals surface area contributed by atoms with E-state index < -0.39 is 0 Å². The van der Waals surface area contributed by atoms with E-state index in [0.717, 1.165) is 6.41 Å². The van der Waals surface area contributed by atoms with Gasteiger partial charge in [-0.25, -0.2) is 0 Å². The summed E-state index contributed by atoms with van der Waals surface area (Å²) in [6.07, 6.45) is 2.29. The van der Waals surface area contributed by atoms with Crippen LogP contribution in [0.15, 0.2) is 34.9 Å². The summed E-state index contributed by atoms with van der Waals surface area (Å²) in [6.45, 7) is 4.42. The van der Waals surface area contributed by atoms with Gasteiger partial charge in [0.25, 0.3) is 11.8 Å². The van der Waals surface area contributed by atoms with Gasteiger partial charge < -0.3 is 24.0 Å². The molecular formula is C19H22N6O4. The van der Waals surface area contributed by atoms with E-state index in [4.69, 9.17) is 4.42 Å². The summed E-state index contributed by atoms with van der Waals surface area (Å²) in [5.74, 6) is 0.729. The van der Waals surface area contributed by atoms with Crippen LogP contribution < -0.4 is 4.90 Å². The fourth-order valence-corrected chi connectivity index (χ4v) is 3.50. The summed E-state index contributed by atoms with van der Waals surface area (Å²) in [6, 6.07) is 6.82. The van der Waals surface area contributed by atoms with Crippen LogP contribution in [0.4, 0.5) is 5.82 Å². The molecule has 0 radical (unpaired) electrons. The molecule has 0 saturated carbocycles. The first-order chi connectivity index (χ1) is 14.2. The van der Waals surface area contributed by atoms with E-state index in [1.54, 1.807) is 39.0 Å². The molecule has 2 aromatic heterocycles. The third kappa shape index (κ3) is 4.05. The maximum Gasteiger partial charge on any atom is 0.289 e. The van der Waals surface area contributed by atoms with Crippen LogP contribution in [0, 0.1) is 0 Å². The molecule has 0 aromatic carbocycles. The van der Waals surface area contributed by atoms with Gasteiger partial charge in [0.1, 0.15) is 0 Å². The number of piperazine rings is 2. The minimum Gasteiger partial charge on any atom is -0.459 e. The van der Waals surface area contributed by atoms with Gasteiger partial charge >= 0.3 is 0 Å². The Hall–Kier alpha value is -3.43. The van der Waals surface area contributed by atoms with Crippen molar-refractivity contribution in [3.8, 4) is 0 Å². The zero-order valence-electron chi connectivity index (χ0n) is 15.9. The van der Waals surface area contributed by atoms with Gasteiger partial charge in [-0.15, -0.1) is 10.2 Å². The van der Waals surface area contributed by atoms with E-state index in [9.17, 15) is 14.4 Å². The molecule has 0 aliphatic carbocycles. The Morgan fingerprint density at radius 2 is 1.55 bits per heavy atom. The number of carbonyl (C=O) groups is 3. The highest BCUT2D eigenvalue weighted by atomic mass is 16.3. The molecule has 2 aromatic rings. The number of aromatic nitrogens is 2. The minimum absolute atomic E-state index is 0.114. The van der Waals surface area contributed by atoms with Crippen molar-refractivity contribution in [3.63, 3.8) is 0 Å². The lowest BCUT2D eigenvalue weighted by molar-refractivity contribution is -0.119. The molecule has 0 atom stereocenters. The molecule has 2 saturated heterocycles. The van der Waals surface area contributed by atoms with Crippen molar-refractivity contribution >= 4 is 24.0 Å². The Morgan fingerprint density at radius 3 is 2.14 bits per heavy atom. The maximum atomic E-state index is 12.6. The lowest BCUT2D eigenvalue weighted by Crippen LogP contribution is -2.49. The van der Waals surface area contributed by atoms with Crippen molar-refractivity contribution in [2.75, 3.05) is 57.3 Å². The molecule has 4 rings (SSSR count). The van der Waals surface area contributed by atoms with E-state index in [1.165, 1.54) is 6.26 Å². The predicted octanol–water partition coefficient (Wildman–Crippen LogP) is -0.0538. The van der Waals surface area contributed by atoms with E-state index in [2.05, 4.69) is 10.2 Å². The van der Waals surface area contributed by atoms with Gasteiger partial charge in [-0.1, -0.05) is 0 Å². The van der Waals surface area contributed by atoms with Gasteiger partial charge in [-0.05, 0) is 24.3 Å². The van der Waals surface area contributed by atoms with E-state index in [-0.39, 0.29) is 11.8 Å². The van der Waals surface area contributed by atoms with Crippen LogP contribution in [0.2, 0.25) is 0 Å². The fourth-order valence-electron chi connectivity index (χ4n) is 3.50. The molecule has 2 fully saturated rings. The third-order valence-electron chi connectivity index (χ3n) is 5.24. The molecular weight excluding hydrogens is 376 g/mol. The summed E-state index contributed by atoms with van der Waals surface area (Å²) in [5.41, 5.74) is 0.292. The molecule has 2 aliphatic rings. The Bertz CT molecular complexity index is 853. The van der Waals surface area contributed by atoms with Crippen molar-refractivity contribution in [2.45, 2.75) is 0 Å². The topological polar surface area (TPSA) is 103 Å². The minimum atomic E-state index is -0.177. The molecule has 152 valence electrons. The number of rotatable bonds is 4. The highest BCUT2D eigenvalue weighted by Gasteiger charge is 2.26. The number of amides is 3. The van der Waals surface area contributed by atoms with Gasteiger partial charge in [0.15, 0.2) is 17.3 Å². The van der Waals surface area contributed by atoms with Crippen LogP contribution in [0.5, 0.6) is 0 Å². The van der Waals surface area contributed by atoms with Crippen molar-refractivity contribution in [3.05, 3.63) is 42.0 Å². The number of anilines is 1. The van der Waals surface area contributed by atoms with E-state index in [0.29, 0.717) is 69.6 Å². The number of nitrogens with zero attached hydrogens (tertiary/aromatic N) is 6. The largest absolute Gasteiger partial charge is 0.459 e. The van der Waals surface area contributed by atoms with Crippen LogP contribution >= 0.6 is 0 Å². The van der Waals surface area contributed by atoms with Crippen LogP contribution in [-0.2, 0) is 4.79 Å². The zero-order valence-corrected chi connectivity index (χ0v) is 15.9. The quantitative estimate of drug-likeness (QED) is 0.665. The number of furan rings is 1. The Morgan fingerprint density at radius 1 is 0.862 bits per heavy atom. The van der Waals surface area contributed by atoms with Gasteiger partial charge in [-0.3, -0.25) is 14.4 Å². The first-order valence-electron chi connectivity index (χ1n) is 9.56. The molecule has 0 N–H and O–H groups in total. The lowest BCUT2D eigenvalue weighted by atomic mass is 10.2. The SMILES string of the molecule is O=CN1CCN(C(=O)c2ccc(N3CCN(C(=O)c4ccco4)CC3)nn2)CC1. The van der Waals surface area contributed by atoms with Crippen molar-refractivity contribution < 1.29 is 18.8 Å². The van der Waals surface area contributed by atoms with Gasteiger partial charge in [0, 0.05) is 52.4 Å². The van der Waals surface area contributed by atoms with Crippen LogP contribution in [0.3, 0.4) is 0 Å². The van der Waals surface area contributed by atoms with Crippen molar-refractivity contribution in [1.29, 1.82) is 0 Å². The summed E-state index contributed by atoms with van der Waals surface area (Å²) in [5, 5.41) is 8.31. The predicted molar refractivity (Wildman–Crippen MR) is 102 cm³/mol. The fraction of sp³-hybridized carbons (Fsp3) is 0.421. The normalized spacial score (nSPS) is 17.4. The Kier molecular flexibility index (Phi) is 5.41. The highest BCUT2D eigenvalue weighted by molar-refractivity contribution is 5.92. The molecule has 10 nitrogen and oxygen atoms in total. The average molecular weight is 398 g/mol. The Labute approximate surface area is 167 Å². The number of hydrogen-bond donors (Lipinski definition) is 0. The first-order valence-corrected chi connectivity index (χ1v) is 9.56. The smallest absolute Gasteiger partial charge is 0.289 e. The summed E-state index contributed by atoms with van der Waals surface area (Å²) in [7, 11) is 0. The van der Waals surface area contributed by atoms with Gasteiger partial charge in [-0.2, -0.15) is 0 Å². The Balaban J connectivity index is 1.32. The third-order valence-corrected chi connectivity index (χ3v) is 5.24. The first kappa shape index (κ1) is 18.9. The zero-order chi connectivity index (χ0) is 20.2. The summed E-state index contributed by atoms with van der Waals surface area (Å²) in [4.78, 5) is 42.8. The van der Waals surface area contributed by atoms with Crippen LogP contribution in [0.1, 0.15) is 21.0 Å². The molecule has 0 bridgehead atoms. The van der Waals surface area contributed by atoms with E-state index in [1.807, 2.05) is 4.90 Å². The molecule has 29 heavy (non-hydrogen) atoms. The summed E-state index contributed by atoms with van der Waals surface area (Å²) < 4.78 is 5.17. The lowest BCUT2D eigenvalue weighted by Gasteiger charge is -2.35. The second-order valence-corrected chi connectivity index (χ2v) is 6.97. The van der Waals surface area contributed by atoms with Gasteiger partial charge in [0.2, 0.25) is 6.41 Å². The molecule has 0 unspecified atom stereocenters. The van der Waals surface area contributed by atoms with Crippen LogP contribution in [-0.4, -0.2) is 95.5 Å². The van der Waals surface area contributed by atoms with Crippen molar-refractivity contribution in [1.82, 2.24) is 24.9 Å². The summed E-state index contributed by atoms with van der Waals surface area (Å²) >= 11 is 0. The number of carbonyl (C=O) groups excluding carboxylic acids is 3.